The number of benzene rings is 1. The number of halogens is 5. The van der Waals surface area contributed by atoms with Gasteiger partial charge in [0.15, 0.2) is 0 Å². The van der Waals surface area contributed by atoms with Crippen LogP contribution in [0.5, 0.6) is 0 Å². The minimum Gasteiger partial charge on any atom is -0.500 e. The number of aliphatic carboxylic acids is 1. The molecule has 1 aromatic carbocycles. The molecular formula is C17H13Cl2F3N2O5S. The molecule has 30 heavy (non-hydrogen) atoms. The minimum atomic E-state index is -4.90. The highest BCUT2D eigenvalue weighted by atomic mass is 35.5. The average Bonchev–Trinajstić information content (AvgIpc) is 2.63. The number of thioether (sulfide) groups is 1. The fraction of sp³-hybridized carbons (Fsp3) is 0.235. The summed E-state index contributed by atoms with van der Waals surface area (Å²) in [5.41, 5.74) is -4.06. The summed E-state index contributed by atoms with van der Waals surface area (Å²) in [6, 6.07) is 2.76. The quantitative estimate of drug-likeness (QED) is 0.383. The van der Waals surface area contributed by atoms with Crippen molar-refractivity contribution in [1.82, 2.24) is 9.13 Å². The van der Waals surface area contributed by atoms with Crippen LogP contribution in [0.15, 0.2) is 44.5 Å². The fourth-order valence-corrected chi connectivity index (χ4v) is 3.89. The standard InChI is InChI=1S/C17H13Cl2F3N2O5S/c1-23-13(17(20,21)22)6-14(25)24(16(23)28)11-5-12(10(19)4-9(11)18)30-7-8(29-2)3-15(26)27/h3-6H,7H2,1-2H3,(H,26,27). The summed E-state index contributed by atoms with van der Waals surface area (Å²) in [4.78, 5) is 35.8. The van der Waals surface area contributed by atoms with Crippen molar-refractivity contribution in [3.63, 3.8) is 0 Å². The van der Waals surface area contributed by atoms with Crippen molar-refractivity contribution < 1.29 is 27.8 Å². The predicted octanol–water partition coefficient (Wildman–Crippen LogP) is 3.57. The third kappa shape index (κ3) is 5.21. The normalized spacial score (nSPS) is 12.2. The summed E-state index contributed by atoms with van der Waals surface area (Å²) < 4.78 is 44.8. The zero-order valence-electron chi connectivity index (χ0n) is 15.3. The van der Waals surface area contributed by atoms with Crippen LogP contribution in [0.4, 0.5) is 13.2 Å². The topological polar surface area (TPSA) is 90.5 Å². The maximum Gasteiger partial charge on any atom is 0.431 e. The molecular weight excluding hydrogens is 472 g/mol. The molecule has 0 aliphatic rings. The number of alkyl halides is 3. The predicted molar refractivity (Wildman–Crippen MR) is 106 cm³/mol. The minimum absolute atomic E-state index is 0.0313. The van der Waals surface area contributed by atoms with E-state index in [1.807, 2.05) is 0 Å². The molecule has 0 fully saturated rings. The fourth-order valence-electron chi connectivity index (χ4n) is 2.37. The van der Waals surface area contributed by atoms with Crippen molar-refractivity contribution in [2.45, 2.75) is 11.1 Å². The van der Waals surface area contributed by atoms with Crippen LogP contribution < -0.4 is 11.2 Å². The molecule has 2 aromatic rings. The second-order valence-corrected chi connectivity index (χ2v) is 7.55. The van der Waals surface area contributed by atoms with E-state index in [0.717, 1.165) is 24.9 Å². The van der Waals surface area contributed by atoms with Crippen molar-refractivity contribution in [3.05, 3.63) is 66.6 Å². The van der Waals surface area contributed by atoms with E-state index in [2.05, 4.69) is 0 Å². The largest absolute Gasteiger partial charge is 0.500 e. The van der Waals surface area contributed by atoms with Crippen LogP contribution in [0.2, 0.25) is 10.0 Å². The molecule has 1 aromatic heterocycles. The number of hydrogen-bond acceptors (Lipinski definition) is 5. The van der Waals surface area contributed by atoms with Crippen LogP contribution in [0.3, 0.4) is 0 Å². The number of methoxy groups -OCH3 is 1. The van der Waals surface area contributed by atoms with Gasteiger partial charge in [0.25, 0.3) is 5.56 Å². The number of hydrogen-bond donors (Lipinski definition) is 1. The Bertz CT molecular complexity index is 1140. The number of carboxylic acids is 1. The Kier molecular flexibility index (Phi) is 7.32. The molecule has 162 valence electrons. The lowest BCUT2D eigenvalue weighted by Gasteiger charge is -2.16. The van der Waals surface area contributed by atoms with Gasteiger partial charge in [-0.05, 0) is 12.1 Å². The maximum atomic E-state index is 13.0. The highest BCUT2D eigenvalue weighted by Crippen LogP contribution is 2.34. The second kappa shape index (κ2) is 9.19. The number of carbonyl (C=O) groups is 1. The highest BCUT2D eigenvalue weighted by molar-refractivity contribution is 7.99. The molecule has 13 heteroatoms. The van der Waals surface area contributed by atoms with Crippen LogP contribution in [-0.2, 0) is 22.8 Å². The molecule has 0 saturated carbocycles. The Hall–Kier alpha value is -2.37. The molecule has 0 saturated heterocycles. The molecule has 0 aliphatic heterocycles. The van der Waals surface area contributed by atoms with Gasteiger partial charge in [0.2, 0.25) is 0 Å². The van der Waals surface area contributed by atoms with Crippen LogP contribution in [0.25, 0.3) is 5.69 Å². The average molecular weight is 485 g/mol. The summed E-state index contributed by atoms with van der Waals surface area (Å²) in [6.45, 7) is 0. The molecule has 0 bridgehead atoms. The van der Waals surface area contributed by atoms with E-state index < -0.39 is 29.1 Å². The molecule has 0 amide bonds. The molecule has 0 unspecified atom stereocenters. The van der Waals surface area contributed by atoms with Crippen molar-refractivity contribution >= 4 is 40.9 Å². The van der Waals surface area contributed by atoms with Crippen molar-refractivity contribution in [2.24, 2.45) is 7.05 Å². The lowest BCUT2D eigenvalue weighted by atomic mass is 10.3. The van der Waals surface area contributed by atoms with E-state index in [4.69, 9.17) is 33.0 Å². The Morgan fingerprint density at radius 3 is 2.40 bits per heavy atom. The third-order valence-corrected chi connectivity index (χ3v) is 5.57. The monoisotopic (exact) mass is 484 g/mol. The van der Waals surface area contributed by atoms with E-state index in [1.165, 1.54) is 19.2 Å². The van der Waals surface area contributed by atoms with Gasteiger partial charge in [-0.25, -0.2) is 14.2 Å². The van der Waals surface area contributed by atoms with Gasteiger partial charge in [-0.2, -0.15) is 13.2 Å². The van der Waals surface area contributed by atoms with Gasteiger partial charge >= 0.3 is 17.8 Å². The molecule has 2 rings (SSSR count). The van der Waals surface area contributed by atoms with E-state index in [0.29, 0.717) is 9.46 Å². The number of aromatic nitrogens is 2. The first-order chi connectivity index (χ1) is 13.9. The van der Waals surface area contributed by atoms with E-state index in [1.54, 1.807) is 0 Å². The maximum absolute atomic E-state index is 13.0. The van der Waals surface area contributed by atoms with Gasteiger partial charge in [-0.15, -0.1) is 11.8 Å². The summed E-state index contributed by atoms with van der Waals surface area (Å²) in [6.07, 6.45) is -4.06. The zero-order valence-corrected chi connectivity index (χ0v) is 17.6. The highest BCUT2D eigenvalue weighted by Gasteiger charge is 2.35. The molecule has 1 N–H and O–H groups in total. The molecule has 0 atom stereocenters. The molecule has 7 nitrogen and oxygen atoms in total. The van der Waals surface area contributed by atoms with Gasteiger partial charge < -0.3 is 9.84 Å². The van der Waals surface area contributed by atoms with E-state index in [-0.39, 0.29) is 37.9 Å². The molecule has 0 radical (unpaired) electrons. The summed E-state index contributed by atoms with van der Waals surface area (Å²) >= 11 is 13.2. The van der Waals surface area contributed by atoms with Gasteiger partial charge in [0.1, 0.15) is 11.5 Å². The first-order valence-corrected chi connectivity index (χ1v) is 9.61. The number of carboxylic acid groups (broad SMARTS) is 1. The number of ether oxygens (including phenoxy) is 1. The Morgan fingerprint density at radius 1 is 1.23 bits per heavy atom. The lowest BCUT2D eigenvalue weighted by Crippen LogP contribution is -2.40. The van der Waals surface area contributed by atoms with Gasteiger partial charge in [0.05, 0.1) is 34.7 Å². The summed E-state index contributed by atoms with van der Waals surface area (Å²) in [5, 5.41) is 8.78. The SMILES string of the molecule is COC(=CC(=O)O)CSc1cc(-n2c(=O)cc(C(F)(F)F)n(C)c2=O)c(Cl)cc1Cl. The molecule has 1 heterocycles. The number of nitrogens with zero attached hydrogens (tertiary/aromatic N) is 2. The summed E-state index contributed by atoms with van der Waals surface area (Å²) in [7, 11) is 2.15. The Morgan fingerprint density at radius 2 is 1.87 bits per heavy atom. The van der Waals surface area contributed by atoms with E-state index >= 15 is 0 Å². The van der Waals surface area contributed by atoms with E-state index in [9.17, 15) is 27.6 Å². The van der Waals surface area contributed by atoms with Crippen molar-refractivity contribution in [3.8, 4) is 5.69 Å². The van der Waals surface area contributed by atoms with Gasteiger partial charge in [-0.3, -0.25) is 9.36 Å². The van der Waals surface area contributed by atoms with Gasteiger partial charge in [0, 0.05) is 18.0 Å². The third-order valence-electron chi connectivity index (χ3n) is 3.77. The first-order valence-electron chi connectivity index (χ1n) is 7.86. The first kappa shape index (κ1) is 23.9. The second-order valence-electron chi connectivity index (χ2n) is 5.72. The smallest absolute Gasteiger partial charge is 0.431 e. The zero-order chi connectivity index (χ0) is 22.8. The Balaban J connectivity index is 2.58. The molecule has 0 spiro atoms. The van der Waals surface area contributed by atoms with Crippen molar-refractivity contribution in [1.29, 1.82) is 0 Å². The summed E-state index contributed by atoms with van der Waals surface area (Å²) in [5.74, 6) is -1.10. The van der Waals surface area contributed by atoms with Crippen molar-refractivity contribution in [2.75, 3.05) is 12.9 Å². The lowest BCUT2D eigenvalue weighted by molar-refractivity contribution is -0.144. The molecule has 0 aliphatic carbocycles. The van der Waals surface area contributed by atoms with Crippen LogP contribution >= 0.6 is 35.0 Å². The van der Waals surface area contributed by atoms with Crippen LogP contribution in [-0.4, -0.2) is 33.1 Å². The Labute approximate surface area is 181 Å². The van der Waals surface area contributed by atoms with Crippen LogP contribution in [0, 0.1) is 0 Å². The number of rotatable bonds is 6. The van der Waals surface area contributed by atoms with Crippen LogP contribution in [0.1, 0.15) is 5.69 Å². The van der Waals surface area contributed by atoms with Gasteiger partial charge in [-0.1, -0.05) is 23.2 Å².